The van der Waals surface area contributed by atoms with E-state index in [0.717, 1.165) is 5.56 Å². The zero-order valence-electron chi connectivity index (χ0n) is 20.5. The van der Waals surface area contributed by atoms with Crippen molar-refractivity contribution in [2.24, 2.45) is 0 Å². The molecule has 1 aliphatic carbocycles. The maximum Gasteiger partial charge on any atom is 0.416 e. The van der Waals surface area contributed by atoms with Gasteiger partial charge in [-0.15, -0.1) is 0 Å². The summed E-state index contributed by atoms with van der Waals surface area (Å²) in [7, 11) is 0. The summed E-state index contributed by atoms with van der Waals surface area (Å²) in [5.74, 6) is -0.761. The first-order valence-corrected chi connectivity index (χ1v) is 12.3. The summed E-state index contributed by atoms with van der Waals surface area (Å²) >= 11 is 0. The molecule has 0 bridgehead atoms. The second-order valence-electron chi connectivity index (χ2n) is 9.98. The van der Waals surface area contributed by atoms with Crippen molar-refractivity contribution in [3.8, 4) is 0 Å². The number of nitrogens with zero attached hydrogens (tertiary/aromatic N) is 1. The number of carbonyl (C=O) groups is 2. The largest absolute Gasteiger partial charge is 0.416 e. The van der Waals surface area contributed by atoms with E-state index in [0.29, 0.717) is 42.5 Å². The number of hydrogen-bond acceptors (Lipinski definition) is 3. The number of hydrogen-bond donors (Lipinski definition) is 0. The fourth-order valence-electron chi connectivity index (χ4n) is 5.59. The smallest absolute Gasteiger partial charge is 0.376 e. The molecule has 204 valence electrons. The van der Waals surface area contributed by atoms with E-state index < -0.39 is 41.5 Å². The summed E-state index contributed by atoms with van der Waals surface area (Å²) in [6.07, 6.45) is -8.57. The Balaban J connectivity index is 1.38. The van der Waals surface area contributed by atoms with E-state index in [1.807, 2.05) is 30.3 Å². The van der Waals surface area contributed by atoms with Crippen molar-refractivity contribution in [3.63, 3.8) is 0 Å². The lowest BCUT2D eigenvalue weighted by molar-refractivity contribution is -0.143. The van der Waals surface area contributed by atoms with E-state index in [-0.39, 0.29) is 30.1 Å². The van der Waals surface area contributed by atoms with Crippen LogP contribution < -0.4 is 0 Å². The van der Waals surface area contributed by atoms with Gasteiger partial charge < -0.3 is 4.74 Å². The first-order chi connectivity index (χ1) is 18.4. The first kappa shape index (κ1) is 26.9. The number of alkyl halides is 6. The molecule has 4 nitrogen and oxygen atoms in total. The van der Waals surface area contributed by atoms with Crippen LogP contribution in [-0.4, -0.2) is 29.4 Å². The number of halogens is 6. The summed E-state index contributed by atoms with van der Waals surface area (Å²) in [6.45, 7) is -0.493. The predicted octanol–water partition coefficient (Wildman–Crippen LogP) is 7.03. The molecule has 0 aromatic heterocycles. The van der Waals surface area contributed by atoms with E-state index in [1.165, 1.54) is 4.90 Å². The van der Waals surface area contributed by atoms with Gasteiger partial charge in [-0.1, -0.05) is 42.5 Å². The van der Waals surface area contributed by atoms with Crippen LogP contribution >= 0.6 is 0 Å². The monoisotopic (exact) mass is 547 g/mol. The topological polar surface area (TPSA) is 46.6 Å². The second kappa shape index (κ2) is 9.82. The van der Waals surface area contributed by atoms with E-state index in [4.69, 9.17) is 4.74 Å². The number of benzene rings is 3. The molecule has 1 heterocycles. The molecule has 0 radical (unpaired) electrons. The van der Waals surface area contributed by atoms with Crippen LogP contribution in [0.2, 0.25) is 0 Å². The Morgan fingerprint density at radius 2 is 1.33 bits per heavy atom. The van der Waals surface area contributed by atoms with Gasteiger partial charge in [0.05, 0.1) is 35.5 Å². The molecule has 1 aliphatic heterocycles. The Labute approximate surface area is 220 Å². The summed E-state index contributed by atoms with van der Waals surface area (Å²) in [5, 5.41) is 0. The van der Waals surface area contributed by atoms with Gasteiger partial charge in [-0.2, -0.15) is 26.3 Å². The average Bonchev–Trinajstić information content (AvgIpc) is 3.43. The average molecular weight is 547 g/mol. The van der Waals surface area contributed by atoms with Crippen LogP contribution in [0.4, 0.5) is 26.3 Å². The van der Waals surface area contributed by atoms with E-state index in [1.54, 1.807) is 24.3 Å². The van der Waals surface area contributed by atoms with Crippen molar-refractivity contribution in [2.75, 3.05) is 6.61 Å². The lowest BCUT2D eigenvalue weighted by Crippen LogP contribution is -2.40. The fourth-order valence-corrected chi connectivity index (χ4v) is 5.59. The maximum absolute atomic E-state index is 13.3. The van der Waals surface area contributed by atoms with Crippen LogP contribution in [0.15, 0.2) is 72.8 Å². The van der Waals surface area contributed by atoms with Crippen LogP contribution in [0, 0.1) is 0 Å². The molecule has 2 amide bonds. The van der Waals surface area contributed by atoms with Gasteiger partial charge in [0.1, 0.15) is 0 Å². The maximum atomic E-state index is 13.3. The highest BCUT2D eigenvalue weighted by Crippen LogP contribution is 2.45. The number of carbonyl (C=O) groups excluding carboxylic acids is 2. The minimum atomic E-state index is -4.95. The van der Waals surface area contributed by atoms with Gasteiger partial charge in [0.25, 0.3) is 11.8 Å². The molecule has 5 rings (SSSR count). The van der Waals surface area contributed by atoms with Crippen LogP contribution in [0.1, 0.15) is 62.2 Å². The lowest BCUT2D eigenvalue weighted by atomic mass is 9.79. The van der Waals surface area contributed by atoms with Gasteiger partial charge >= 0.3 is 12.4 Å². The molecule has 0 unspecified atom stereocenters. The first-order valence-electron chi connectivity index (χ1n) is 12.3. The van der Waals surface area contributed by atoms with Gasteiger partial charge in [0.15, 0.2) is 0 Å². The third-order valence-corrected chi connectivity index (χ3v) is 7.45. The Morgan fingerprint density at radius 3 is 1.87 bits per heavy atom. The Bertz CT molecular complexity index is 1330. The number of imide groups is 1. The fraction of sp³-hybridized carbons (Fsp3) is 0.310. The molecule has 2 atom stereocenters. The normalized spacial score (nSPS) is 21.5. The van der Waals surface area contributed by atoms with Gasteiger partial charge in [0, 0.05) is 11.5 Å². The molecule has 2 aliphatic rings. The molecule has 3 aromatic rings. The van der Waals surface area contributed by atoms with Gasteiger partial charge in [0.2, 0.25) is 0 Å². The van der Waals surface area contributed by atoms with Crippen molar-refractivity contribution in [1.29, 1.82) is 0 Å². The van der Waals surface area contributed by atoms with Crippen LogP contribution in [0.25, 0.3) is 0 Å². The molecule has 0 N–H and O–H groups in total. The number of fused-ring (bicyclic) bond motifs is 1. The van der Waals surface area contributed by atoms with E-state index in [2.05, 4.69) is 0 Å². The summed E-state index contributed by atoms with van der Waals surface area (Å²) < 4.78 is 85.4. The quantitative estimate of drug-likeness (QED) is 0.246. The zero-order valence-corrected chi connectivity index (χ0v) is 20.5. The summed E-state index contributed by atoms with van der Waals surface area (Å²) in [4.78, 5) is 27.4. The highest BCUT2D eigenvalue weighted by molar-refractivity contribution is 6.21. The lowest BCUT2D eigenvalue weighted by Gasteiger charge is -2.31. The van der Waals surface area contributed by atoms with Gasteiger partial charge in [-0.25, -0.2) is 0 Å². The second-order valence-corrected chi connectivity index (χ2v) is 9.98. The number of rotatable bonds is 6. The van der Waals surface area contributed by atoms with Crippen LogP contribution in [0.5, 0.6) is 0 Å². The van der Waals surface area contributed by atoms with Crippen molar-refractivity contribution in [2.45, 2.75) is 49.7 Å². The molecule has 0 spiro atoms. The van der Waals surface area contributed by atoms with Crippen molar-refractivity contribution >= 4 is 11.8 Å². The number of ether oxygens (including phenoxy) is 1. The summed E-state index contributed by atoms with van der Waals surface area (Å²) in [6, 6.07) is 16.7. The summed E-state index contributed by atoms with van der Waals surface area (Å²) in [5.41, 5.74) is -2.24. The minimum absolute atomic E-state index is 0.0196. The molecule has 1 saturated carbocycles. The molecular formula is C29H23F6NO3. The molecule has 10 heteroatoms. The van der Waals surface area contributed by atoms with E-state index >= 15 is 0 Å². The molecule has 39 heavy (non-hydrogen) atoms. The standard InChI is InChI=1S/C29H23F6NO3/c30-28(31,32)20-12-18(13-21(14-20)29(33,34)35)16-39-17-27(19-6-2-1-3-7-19)11-10-22(15-27)36-25(37)23-8-4-5-9-24(23)26(36)38/h1-9,12-14,22H,10-11,15-17H2/t22-,27+/m0/s1. The highest BCUT2D eigenvalue weighted by Gasteiger charge is 2.48. The molecule has 1 fully saturated rings. The zero-order chi connectivity index (χ0) is 28.0. The van der Waals surface area contributed by atoms with E-state index in [9.17, 15) is 35.9 Å². The van der Waals surface area contributed by atoms with Crippen molar-refractivity contribution in [3.05, 3.63) is 106 Å². The van der Waals surface area contributed by atoms with Crippen molar-refractivity contribution in [1.82, 2.24) is 4.90 Å². The Morgan fingerprint density at radius 1 is 0.795 bits per heavy atom. The van der Waals surface area contributed by atoms with Gasteiger partial charge in [-0.3, -0.25) is 14.5 Å². The number of amides is 2. The van der Waals surface area contributed by atoms with Crippen molar-refractivity contribution < 1.29 is 40.7 Å². The molecule has 0 saturated heterocycles. The third-order valence-electron chi connectivity index (χ3n) is 7.45. The van der Waals surface area contributed by atoms with Crippen LogP contribution in [0.3, 0.4) is 0 Å². The van der Waals surface area contributed by atoms with Crippen LogP contribution in [-0.2, 0) is 29.1 Å². The third kappa shape index (κ3) is 5.17. The Kier molecular flexibility index (Phi) is 6.78. The molecular weight excluding hydrogens is 524 g/mol. The SMILES string of the molecule is O=C1c2ccccc2C(=O)N1[C@H]1CC[C@@](COCc2cc(C(F)(F)F)cc(C(F)(F)F)c2)(c2ccccc2)C1. The molecule has 3 aromatic carbocycles. The Hall–Kier alpha value is -3.66. The highest BCUT2D eigenvalue weighted by atomic mass is 19.4. The predicted molar refractivity (Wildman–Crippen MR) is 129 cm³/mol. The minimum Gasteiger partial charge on any atom is -0.376 e. The van der Waals surface area contributed by atoms with Gasteiger partial charge in [-0.05, 0) is 60.7 Å².